The molecule has 1 heterocycles. The number of carboxylic acid groups (broad SMARTS) is 1. The van der Waals surface area contributed by atoms with Gasteiger partial charge in [-0.25, -0.2) is 4.98 Å². The molecule has 3 rings (SSSR count). The lowest BCUT2D eigenvalue weighted by atomic mass is 9.96. The standard InChI is InChI=1S/C17H17N3O4S/c21-15(22)8-9-19-14-7-2-1-6-13(14)17(25)18-16(19)11-4-3-5-12(10-11)20(23)24/h3-5,10H,1-2,6-9H2,(H,21,22). The van der Waals surface area contributed by atoms with E-state index in [1.807, 2.05) is 4.57 Å². The van der Waals surface area contributed by atoms with Crippen LogP contribution in [0.1, 0.15) is 30.5 Å². The van der Waals surface area contributed by atoms with Crippen molar-refractivity contribution in [1.29, 1.82) is 0 Å². The first-order valence-electron chi connectivity index (χ1n) is 8.06. The minimum Gasteiger partial charge on any atom is -0.481 e. The Morgan fingerprint density at radius 2 is 2.12 bits per heavy atom. The number of benzene rings is 1. The van der Waals surface area contributed by atoms with Crippen molar-refractivity contribution in [3.05, 3.63) is 50.3 Å². The van der Waals surface area contributed by atoms with Crippen LogP contribution in [0.4, 0.5) is 5.69 Å². The lowest BCUT2D eigenvalue weighted by molar-refractivity contribution is -0.384. The van der Waals surface area contributed by atoms with E-state index < -0.39 is 10.9 Å². The minimum atomic E-state index is -0.899. The Bertz CT molecular complexity index is 907. The second-order valence-electron chi connectivity index (χ2n) is 5.98. The SMILES string of the molecule is O=C(O)CCn1c(-c2cccc([N+](=O)[O-])c2)nc(=S)c2c1CCCC2. The number of nitro benzene ring substituents is 1. The van der Waals surface area contributed by atoms with Gasteiger partial charge in [-0.3, -0.25) is 14.9 Å². The maximum atomic E-state index is 11.1. The van der Waals surface area contributed by atoms with Gasteiger partial charge in [0, 0.05) is 35.5 Å². The number of carbonyl (C=O) groups is 1. The first-order chi connectivity index (χ1) is 12.0. The van der Waals surface area contributed by atoms with Gasteiger partial charge in [-0.15, -0.1) is 0 Å². The summed E-state index contributed by atoms with van der Waals surface area (Å²) in [7, 11) is 0. The molecule has 1 aliphatic rings. The van der Waals surface area contributed by atoms with Crippen molar-refractivity contribution in [2.24, 2.45) is 0 Å². The highest BCUT2D eigenvalue weighted by molar-refractivity contribution is 7.71. The monoisotopic (exact) mass is 359 g/mol. The first-order valence-corrected chi connectivity index (χ1v) is 8.47. The molecular weight excluding hydrogens is 342 g/mol. The Labute approximate surface area is 149 Å². The highest BCUT2D eigenvalue weighted by Gasteiger charge is 2.20. The van der Waals surface area contributed by atoms with Crippen LogP contribution in [0.2, 0.25) is 0 Å². The Morgan fingerprint density at radius 3 is 2.84 bits per heavy atom. The molecule has 0 aliphatic heterocycles. The number of non-ortho nitro benzene ring substituents is 1. The Balaban J connectivity index is 2.19. The Hall–Kier alpha value is -2.61. The van der Waals surface area contributed by atoms with Crippen LogP contribution < -0.4 is 0 Å². The zero-order valence-corrected chi connectivity index (χ0v) is 14.3. The number of nitrogens with zero attached hydrogens (tertiary/aromatic N) is 3. The van der Waals surface area contributed by atoms with Gasteiger partial charge in [0.2, 0.25) is 0 Å². The third-order valence-electron chi connectivity index (χ3n) is 4.35. The molecule has 25 heavy (non-hydrogen) atoms. The molecule has 1 N–H and O–H groups in total. The maximum Gasteiger partial charge on any atom is 0.305 e. The second-order valence-corrected chi connectivity index (χ2v) is 6.36. The molecule has 1 aliphatic carbocycles. The summed E-state index contributed by atoms with van der Waals surface area (Å²) in [5, 5.41) is 20.1. The zero-order chi connectivity index (χ0) is 18.0. The number of fused-ring (bicyclic) bond motifs is 1. The highest BCUT2D eigenvalue weighted by atomic mass is 32.1. The predicted octanol–water partition coefficient (Wildman–Crippen LogP) is 3.54. The summed E-state index contributed by atoms with van der Waals surface area (Å²) >= 11 is 5.43. The molecular formula is C17H17N3O4S. The number of hydrogen-bond acceptors (Lipinski definition) is 5. The van der Waals surface area contributed by atoms with E-state index in [-0.39, 0.29) is 18.7 Å². The molecule has 130 valence electrons. The number of carboxylic acids is 1. The van der Waals surface area contributed by atoms with Crippen molar-refractivity contribution >= 4 is 23.9 Å². The summed E-state index contributed by atoms with van der Waals surface area (Å²) in [5.74, 6) is -0.403. The fourth-order valence-electron chi connectivity index (χ4n) is 3.20. The van der Waals surface area contributed by atoms with Crippen molar-refractivity contribution < 1.29 is 14.8 Å². The molecule has 0 fully saturated rings. The quantitative estimate of drug-likeness (QED) is 0.498. The fraction of sp³-hybridized carbons (Fsp3) is 0.353. The Kier molecular flexibility index (Phi) is 4.89. The van der Waals surface area contributed by atoms with E-state index in [2.05, 4.69) is 4.98 Å². The van der Waals surface area contributed by atoms with E-state index in [4.69, 9.17) is 17.3 Å². The van der Waals surface area contributed by atoms with Crippen molar-refractivity contribution in [1.82, 2.24) is 9.55 Å². The van der Waals surface area contributed by atoms with Crippen LogP contribution in [0.15, 0.2) is 24.3 Å². The maximum absolute atomic E-state index is 11.1. The molecule has 0 unspecified atom stereocenters. The van der Waals surface area contributed by atoms with Crippen LogP contribution in [-0.4, -0.2) is 25.6 Å². The van der Waals surface area contributed by atoms with Crippen molar-refractivity contribution in [2.45, 2.75) is 38.6 Å². The van der Waals surface area contributed by atoms with Crippen LogP contribution in [-0.2, 0) is 24.2 Å². The summed E-state index contributed by atoms with van der Waals surface area (Å²) < 4.78 is 2.38. The molecule has 2 aromatic rings. The largest absolute Gasteiger partial charge is 0.481 e. The van der Waals surface area contributed by atoms with Crippen molar-refractivity contribution in [2.75, 3.05) is 0 Å². The number of nitro groups is 1. The number of hydrogen-bond donors (Lipinski definition) is 1. The molecule has 8 heteroatoms. The van der Waals surface area contributed by atoms with Crippen LogP contribution in [0, 0.1) is 14.8 Å². The molecule has 0 spiro atoms. The summed E-state index contributed by atoms with van der Waals surface area (Å²) in [5.41, 5.74) is 2.54. The molecule has 0 atom stereocenters. The summed E-state index contributed by atoms with van der Waals surface area (Å²) in [4.78, 5) is 26.2. The lowest BCUT2D eigenvalue weighted by Crippen LogP contribution is -2.19. The zero-order valence-electron chi connectivity index (χ0n) is 13.5. The molecule has 0 bridgehead atoms. The van der Waals surface area contributed by atoms with Gasteiger partial charge in [0.25, 0.3) is 5.69 Å². The van der Waals surface area contributed by atoms with Gasteiger partial charge in [0.1, 0.15) is 10.5 Å². The van der Waals surface area contributed by atoms with Gasteiger partial charge >= 0.3 is 5.97 Å². The average molecular weight is 359 g/mol. The normalized spacial score (nSPS) is 13.3. The number of rotatable bonds is 5. The van der Waals surface area contributed by atoms with Crippen molar-refractivity contribution in [3.63, 3.8) is 0 Å². The third-order valence-corrected chi connectivity index (χ3v) is 4.69. The molecule has 0 saturated carbocycles. The molecule has 1 aromatic carbocycles. The molecule has 7 nitrogen and oxygen atoms in total. The van der Waals surface area contributed by atoms with Gasteiger partial charge in [-0.05, 0) is 25.7 Å². The Morgan fingerprint density at radius 1 is 1.36 bits per heavy atom. The second kappa shape index (κ2) is 7.10. The number of aromatic nitrogens is 2. The molecule has 0 amide bonds. The van der Waals surface area contributed by atoms with E-state index in [0.717, 1.165) is 36.9 Å². The van der Waals surface area contributed by atoms with E-state index in [1.165, 1.54) is 12.1 Å². The van der Waals surface area contributed by atoms with Crippen LogP contribution in [0.3, 0.4) is 0 Å². The van der Waals surface area contributed by atoms with Gasteiger partial charge < -0.3 is 9.67 Å². The van der Waals surface area contributed by atoms with Crippen molar-refractivity contribution in [3.8, 4) is 11.4 Å². The van der Waals surface area contributed by atoms with Gasteiger partial charge in [0.05, 0.1) is 11.3 Å². The summed E-state index contributed by atoms with van der Waals surface area (Å²) in [6, 6.07) is 6.19. The van der Waals surface area contributed by atoms with E-state index in [9.17, 15) is 14.9 Å². The highest BCUT2D eigenvalue weighted by Crippen LogP contribution is 2.29. The van der Waals surface area contributed by atoms with Crippen LogP contribution in [0.25, 0.3) is 11.4 Å². The van der Waals surface area contributed by atoms with Gasteiger partial charge in [-0.2, -0.15) is 0 Å². The summed E-state index contributed by atoms with van der Waals surface area (Å²) in [6.07, 6.45) is 3.64. The molecule has 1 aromatic heterocycles. The smallest absolute Gasteiger partial charge is 0.305 e. The topological polar surface area (TPSA) is 98.3 Å². The third kappa shape index (κ3) is 3.58. The lowest BCUT2D eigenvalue weighted by Gasteiger charge is -2.24. The molecule has 0 saturated heterocycles. The van der Waals surface area contributed by atoms with Gasteiger partial charge in [-0.1, -0.05) is 24.4 Å². The minimum absolute atomic E-state index is 0.0345. The van der Waals surface area contributed by atoms with Crippen LogP contribution >= 0.6 is 12.2 Å². The predicted molar refractivity (Wildman–Crippen MR) is 94.0 cm³/mol. The van der Waals surface area contributed by atoms with E-state index in [1.54, 1.807) is 12.1 Å². The van der Waals surface area contributed by atoms with Gasteiger partial charge in [0.15, 0.2) is 0 Å². The van der Waals surface area contributed by atoms with E-state index in [0.29, 0.717) is 16.0 Å². The first kappa shape index (κ1) is 17.2. The number of aliphatic carboxylic acids is 1. The average Bonchev–Trinajstić information content (AvgIpc) is 2.60. The fourth-order valence-corrected chi connectivity index (χ4v) is 3.50. The van der Waals surface area contributed by atoms with E-state index >= 15 is 0 Å². The molecule has 0 radical (unpaired) electrons. The summed E-state index contributed by atoms with van der Waals surface area (Å²) in [6.45, 7) is 0.262. The van der Waals surface area contributed by atoms with Crippen LogP contribution in [0.5, 0.6) is 0 Å².